The van der Waals surface area contributed by atoms with Crippen molar-refractivity contribution in [3.05, 3.63) is 71.2 Å². The van der Waals surface area contributed by atoms with Crippen molar-refractivity contribution in [1.29, 1.82) is 0 Å². The number of carbonyl (C=O) groups is 1. The van der Waals surface area contributed by atoms with Gasteiger partial charge in [0, 0.05) is 16.8 Å². The molecule has 0 spiro atoms. The van der Waals surface area contributed by atoms with Gasteiger partial charge in [0.15, 0.2) is 5.82 Å². The number of nitrogens with zero attached hydrogens (tertiary/aromatic N) is 5. The molecule has 2 unspecified atom stereocenters. The van der Waals surface area contributed by atoms with Crippen LogP contribution < -0.4 is 5.32 Å². The second-order valence-corrected chi connectivity index (χ2v) is 7.86. The predicted molar refractivity (Wildman–Crippen MR) is 117 cm³/mol. The standard InChI is InChI=1S/C23H21N7O2/c1-12-19-20(31)18(23(32)26-22(19)25-13(2)24-12)11-14-7-9-15(10-8-14)16-5-3-4-6-17(16)21-27-29-30-28-21/h3-10,18,20,31H,11H2,1-2H3,(H,24,25,26,32)(H,27,28,29,30). The minimum atomic E-state index is -0.960. The Bertz CT molecular complexity index is 1290. The van der Waals surface area contributed by atoms with Crippen LogP contribution in [0.25, 0.3) is 22.5 Å². The molecule has 0 radical (unpaired) electrons. The van der Waals surface area contributed by atoms with E-state index in [4.69, 9.17) is 0 Å². The molecule has 1 amide bonds. The number of amides is 1. The molecule has 3 heterocycles. The highest BCUT2D eigenvalue weighted by atomic mass is 16.3. The lowest BCUT2D eigenvalue weighted by Gasteiger charge is -2.30. The third-order valence-electron chi connectivity index (χ3n) is 5.75. The Hall–Kier alpha value is -3.98. The summed E-state index contributed by atoms with van der Waals surface area (Å²) < 4.78 is 0. The number of hydrogen-bond donors (Lipinski definition) is 3. The fraction of sp³-hybridized carbons (Fsp3) is 0.217. The average molecular weight is 427 g/mol. The topological polar surface area (TPSA) is 130 Å². The summed E-state index contributed by atoms with van der Waals surface area (Å²) in [6.45, 7) is 3.58. The molecule has 0 saturated carbocycles. The van der Waals surface area contributed by atoms with Gasteiger partial charge in [0.1, 0.15) is 11.6 Å². The van der Waals surface area contributed by atoms with E-state index in [2.05, 4.69) is 35.9 Å². The van der Waals surface area contributed by atoms with Gasteiger partial charge in [0.25, 0.3) is 0 Å². The largest absolute Gasteiger partial charge is 0.387 e. The first-order valence-corrected chi connectivity index (χ1v) is 10.3. The molecule has 0 fully saturated rings. The Kier molecular flexibility index (Phi) is 4.95. The normalized spacial score (nSPS) is 17.7. The summed E-state index contributed by atoms with van der Waals surface area (Å²) in [4.78, 5) is 21.3. The van der Waals surface area contributed by atoms with Gasteiger partial charge in [-0.15, -0.1) is 5.10 Å². The first kappa shape index (κ1) is 20.0. The highest BCUT2D eigenvalue weighted by Gasteiger charge is 2.37. The zero-order valence-corrected chi connectivity index (χ0v) is 17.6. The number of fused-ring (bicyclic) bond motifs is 1. The number of aliphatic hydroxyl groups is 1. The van der Waals surface area contributed by atoms with Crippen molar-refractivity contribution in [3.63, 3.8) is 0 Å². The molecule has 2 aromatic heterocycles. The summed E-state index contributed by atoms with van der Waals surface area (Å²) in [5.74, 6) is 0.695. The number of hydrogen-bond acceptors (Lipinski definition) is 7. The molecule has 4 aromatic rings. The van der Waals surface area contributed by atoms with E-state index < -0.39 is 12.0 Å². The van der Waals surface area contributed by atoms with Crippen LogP contribution in [-0.4, -0.2) is 41.6 Å². The fourth-order valence-electron chi connectivity index (χ4n) is 4.22. The molecule has 9 nitrogen and oxygen atoms in total. The Balaban J connectivity index is 1.41. The summed E-state index contributed by atoms with van der Waals surface area (Å²) in [7, 11) is 0. The molecule has 160 valence electrons. The number of benzene rings is 2. The maximum atomic E-state index is 12.7. The van der Waals surface area contributed by atoms with Crippen LogP contribution in [0.3, 0.4) is 0 Å². The summed E-state index contributed by atoms with van der Waals surface area (Å²) in [6, 6.07) is 15.8. The summed E-state index contributed by atoms with van der Waals surface area (Å²) in [6.07, 6.45) is -0.563. The van der Waals surface area contributed by atoms with E-state index in [9.17, 15) is 9.90 Å². The Morgan fingerprint density at radius 2 is 1.75 bits per heavy atom. The van der Waals surface area contributed by atoms with Crippen LogP contribution in [0, 0.1) is 19.8 Å². The van der Waals surface area contributed by atoms with Gasteiger partial charge < -0.3 is 10.4 Å². The minimum Gasteiger partial charge on any atom is -0.387 e. The highest BCUT2D eigenvalue weighted by Crippen LogP contribution is 2.37. The van der Waals surface area contributed by atoms with E-state index in [1.54, 1.807) is 6.92 Å². The van der Waals surface area contributed by atoms with Gasteiger partial charge in [-0.3, -0.25) is 4.79 Å². The van der Waals surface area contributed by atoms with Crippen LogP contribution in [0.4, 0.5) is 5.82 Å². The summed E-state index contributed by atoms with van der Waals surface area (Å²) in [5.41, 5.74) is 5.10. The Labute approximate surface area is 184 Å². The molecule has 32 heavy (non-hydrogen) atoms. The number of anilines is 1. The van der Waals surface area contributed by atoms with Crippen LogP contribution in [0.2, 0.25) is 0 Å². The summed E-state index contributed by atoms with van der Waals surface area (Å²) >= 11 is 0. The lowest BCUT2D eigenvalue weighted by atomic mass is 9.85. The minimum absolute atomic E-state index is 0.241. The SMILES string of the molecule is Cc1nc(C)c2c(n1)NC(=O)C(Cc1ccc(-c3ccccc3-c3nnn[nH]3)cc1)C2O. The number of nitrogens with one attached hydrogen (secondary N) is 2. The second-order valence-electron chi connectivity index (χ2n) is 7.86. The zero-order valence-electron chi connectivity index (χ0n) is 17.6. The van der Waals surface area contributed by atoms with Gasteiger partial charge >= 0.3 is 0 Å². The van der Waals surface area contributed by atoms with Gasteiger partial charge in [-0.1, -0.05) is 48.5 Å². The van der Waals surface area contributed by atoms with Crippen molar-refractivity contribution in [1.82, 2.24) is 30.6 Å². The van der Waals surface area contributed by atoms with E-state index in [-0.39, 0.29) is 5.91 Å². The number of aromatic nitrogens is 6. The van der Waals surface area contributed by atoms with Gasteiger partial charge in [-0.05, 0) is 47.4 Å². The molecule has 9 heteroatoms. The Morgan fingerprint density at radius 3 is 2.47 bits per heavy atom. The van der Waals surface area contributed by atoms with Gasteiger partial charge in [0.05, 0.1) is 12.0 Å². The number of H-pyrrole nitrogens is 1. The average Bonchev–Trinajstić information content (AvgIpc) is 3.31. The van der Waals surface area contributed by atoms with Crippen LogP contribution in [0.5, 0.6) is 0 Å². The third-order valence-corrected chi connectivity index (χ3v) is 5.75. The highest BCUT2D eigenvalue weighted by molar-refractivity contribution is 5.95. The number of aryl methyl sites for hydroxylation is 2. The van der Waals surface area contributed by atoms with Crippen molar-refractivity contribution in [2.24, 2.45) is 5.92 Å². The second kappa shape index (κ2) is 7.93. The molecule has 1 aliphatic heterocycles. The number of rotatable bonds is 4. The molecule has 2 aromatic carbocycles. The van der Waals surface area contributed by atoms with Crippen molar-refractivity contribution < 1.29 is 9.90 Å². The number of aromatic amines is 1. The molecule has 3 N–H and O–H groups in total. The number of carbonyl (C=O) groups excluding carboxylic acids is 1. The van der Waals surface area contributed by atoms with Gasteiger partial charge in [-0.25, -0.2) is 15.1 Å². The molecular formula is C23H21N7O2. The van der Waals surface area contributed by atoms with Crippen molar-refractivity contribution in [2.75, 3.05) is 5.32 Å². The molecular weight excluding hydrogens is 406 g/mol. The predicted octanol–water partition coefficient (Wildman–Crippen LogP) is 2.78. The van der Waals surface area contributed by atoms with E-state index in [1.807, 2.05) is 55.5 Å². The van der Waals surface area contributed by atoms with E-state index in [0.717, 1.165) is 22.3 Å². The lowest BCUT2D eigenvalue weighted by Crippen LogP contribution is -2.36. The number of aliphatic hydroxyl groups excluding tert-OH is 1. The van der Waals surface area contributed by atoms with Crippen molar-refractivity contribution in [2.45, 2.75) is 26.4 Å². The van der Waals surface area contributed by atoms with E-state index in [0.29, 0.717) is 35.1 Å². The maximum absolute atomic E-state index is 12.7. The monoisotopic (exact) mass is 427 g/mol. The first-order valence-electron chi connectivity index (χ1n) is 10.3. The lowest BCUT2D eigenvalue weighted by molar-refractivity contribution is -0.124. The van der Waals surface area contributed by atoms with Crippen LogP contribution in [0.15, 0.2) is 48.5 Å². The molecule has 2 atom stereocenters. The van der Waals surface area contributed by atoms with E-state index >= 15 is 0 Å². The molecule has 0 aliphatic carbocycles. The smallest absolute Gasteiger partial charge is 0.231 e. The van der Waals surface area contributed by atoms with Gasteiger partial charge in [-0.2, -0.15) is 0 Å². The summed E-state index contributed by atoms with van der Waals surface area (Å²) in [5, 5.41) is 27.9. The van der Waals surface area contributed by atoms with Crippen molar-refractivity contribution in [3.8, 4) is 22.5 Å². The first-order chi connectivity index (χ1) is 15.5. The third kappa shape index (κ3) is 3.52. The quantitative estimate of drug-likeness (QED) is 0.457. The van der Waals surface area contributed by atoms with Crippen LogP contribution >= 0.6 is 0 Å². The van der Waals surface area contributed by atoms with Crippen LogP contribution in [0.1, 0.15) is 28.7 Å². The fourth-order valence-corrected chi connectivity index (χ4v) is 4.22. The molecule has 5 rings (SSSR count). The van der Waals surface area contributed by atoms with Crippen LogP contribution in [-0.2, 0) is 11.2 Å². The number of tetrazole rings is 1. The van der Waals surface area contributed by atoms with Gasteiger partial charge in [0.2, 0.25) is 5.91 Å². The van der Waals surface area contributed by atoms with E-state index in [1.165, 1.54) is 0 Å². The molecule has 1 aliphatic rings. The maximum Gasteiger partial charge on any atom is 0.231 e. The Morgan fingerprint density at radius 1 is 1.00 bits per heavy atom. The molecule has 0 saturated heterocycles. The molecule has 0 bridgehead atoms. The van der Waals surface area contributed by atoms with Crippen molar-refractivity contribution >= 4 is 11.7 Å². The zero-order chi connectivity index (χ0) is 22.2.